The number of sulfonamides is 1. The maximum absolute atomic E-state index is 13.6. The van der Waals surface area contributed by atoms with Crippen LogP contribution < -0.4 is 5.32 Å². The zero-order valence-electron chi connectivity index (χ0n) is 14.2. The topological polar surface area (TPSA) is 66.5 Å². The highest BCUT2D eigenvalue weighted by atomic mass is 32.2. The van der Waals surface area contributed by atoms with Crippen molar-refractivity contribution in [1.82, 2.24) is 9.62 Å². The molecular formula is C18H21FN2O3S. The van der Waals surface area contributed by atoms with E-state index in [-0.39, 0.29) is 25.2 Å². The van der Waals surface area contributed by atoms with Crippen LogP contribution in [-0.4, -0.2) is 38.0 Å². The third-order valence-corrected chi connectivity index (χ3v) is 4.96. The number of benzene rings is 2. The lowest BCUT2D eigenvalue weighted by atomic mass is 10.1. The summed E-state index contributed by atoms with van der Waals surface area (Å²) in [7, 11) is -3.44. The molecule has 0 spiro atoms. The highest BCUT2D eigenvalue weighted by Gasteiger charge is 2.18. The van der Waals surface area contributed by atoms with Crippen LogP contribution >= 0.6 is 0 Å². The van der Waals surface area contributed by atoms with Gasteiger partial charge in [-0.2, -0.15) is 4.31 Å². The van der Waals surface area contributed by atoms with Crippen molar-refractivity contribution in [3.63, 3.8) is 0 Å². The third kappa shape index (κ3) is 5.65. The fourth-order valence-electron chi connectivity index (χ4n) is 2.29. The fraction of sp³-hybridized carbons (Fsp3) is 0.278. The number of nitrogens with one attached hydrogen (secondary N) is 1. The molecule has 0 radical (unpaired) electrons. The number of carbonyl (C=O) groups is 1. The predicted molar refractivity (Wildman–Crippen MR) is 95.2 cm³/mol. The quantitative estimate of drug-likeness (QED) is 0.820. The monoisotopic (exact) mass is 364 g/mol. The van der Waals surface area contributed by atoms with E-state index in [1.54, 1.807) is 6.07 Å². The molecule has 1 amide bonds. The van der Waals surface area contributed by atoms with Gasteiger partial charge in [-0.05, 0) is 24.6 Å². The van der Waals surface area contributed by atoms with Crippen LogP contribution in [0.3, 0.4) is 0 Å². The molecule has 25 heavy (non-hydrogen) atoms. The van der Waals surface area contributed by atoms with Crippen molar-refractivity contribution in [2.75, 3.05) is 19.3 Å². The summed E-state index contributed by atoms with van der Waals surface area (Å²) in [6, 6.07) is 13.2. The van der Waals surface area contributed by atoms with E-state index in [9.17, 15) is 17.6 Å². The predicted octanol–water partition coefficient (Wildman–Crippen LogP) is 2.33. The summed E-state index contributed by atoms with van der Waals surface area (Å²) >= 11 is 0. The zero-order chi connectivity index (χ0) is 18.4. The second-order valence-corrected chi connectivity index (χ2v) is 7.80. The maximum atomic E-state index is 13.6. The summed E-state index contributed by atoms with van der Waals surface area (Å²) in [6.45, 7) is 2.37. The number of nitrogens with zero attached hydrogens (tertiary/aromatic N) is 1. The van der Waals surface area contributed by atoms with Crippen molar-refractivity contribution in [3.8, 4) is 0 Å². The molecule has 0 atom stereocenters. The van der Waals surface area contributed by atoms with E-state index in [0.29, 0.717) is 0 Å². The van der Waals surface area contributed by atoms with Crippen LogP contribution in [0.1, 0.15) is 21.5 Å². The van der Waals surface area contributed by atoms with Gasteiger partial charge >= 0.3 is 0 Å². The number of halogens is 1. The van der Waals surface area contributed by atoms with Gasteiger partial charge < -0.3 is 5.32 Å². The molecular weight excluding hydrogens is 343 g/mol. The molecule has 2 aromatic rings. The Hall–Kier alpha value is -2.25. The van der Waals surface area contributed by atoms with Crippen molar-refractivity contribution in [3.05, 3.63) is 71.0 Å². The molecule has 0 unspecified atom stereocenters. The molecule has 1 N–H and O–H groups in total. The van der Waals surface area contributed by atoms with E-state index < -0.39 is 21.7 Å². The molecule has 0 aromatic heterocycles. The van der Waals surface area contributed by atoms with Crippen LogP contribution in [0.4, 0.5) is 4.39 Å². The van der Waals surface area contributed by atoms with Gasteiger partial charge in [0, 0.05) is 19.6 Å². The Balaban J connectivity index is 1.98. The molecule has 0 saturated carbocycles. The van der Waals surface area contributed by atoms with E-state index in [2.05, 4.69) is 5.32 Å². The summed E-state index contributed by atoms with van der Waals surface area (Å²) in [5.74, 6) is -1.18. The van der Waals surface area contributed by atoms with E-state index >= 15 is 0 Å². The SMILES string of the molecule is Cc1ccc(CN(CCNC(=O)c2ccccc2F)S(C)(=O)=O)cc1. The second-order valence-electron chi connectivity index (χ2n) is 5.82. The molecule has 0 aliphatic heterocycles. The van der Waals surface area contributed by atoms with Crippen LogP contribution in [0, 0.1) is 12.7 Å². The molecule has 2 aromatic carbocycles. The highest BCUT2D eigenvalue weighted by molar-refractivity contribution is 7.88. The van der Waals surface area contributed by atoms with Crippen LogP contribution in [0.5, 0.6) is 0 Å². The Morgan fingerprint density at radius 3 is 2.36 bits per heavy atom. The lowest BCUT2D eigenvalue weighted by Gasteiger charge is -2.20. The van der Waals surface area contributed by atoms with Gasteiger partial charge in [-0.1, -0.05) is 42.0 Å². The summed E-state index contributed by atoms with van der Waals surface area (Å²) < 4.78 is 38.8. The van der Waals surface area contributed by atoms with E-state index in [4.69, 9.17) is 0 Å². The molecule has 0 aliphatic rings. The molecule has 7 heteroatoms. The minimum atomic E-state index is -3.44. The fourth-order valence-corrected chi connectivity index (χ4v) is 3.10. The molecule has 134 valence electrons. The smallest absolute Gasteiger partial charge is 0.254 e. The van der Waals surface area contributed by atoms with Gasteiger partial charge in [0.1, 0.15) is 5.82 Å². The Kier molecular flexibility index (Phi) is 6.27. The number of hydrogen-bond acceptors (Lipinski definition) is 3. The Morgan fingerprint density at radius 1 is 1.12 bits per heavy atom. The minimum Gasteiger partial charge on any atom is -0.351 e. The lowest BCUT2D eigenvalue weighted by molar-refractivity contribution is 0.0947. The largest absolute Gasteiger partial charge is 0.351 e. The highest BCUT2D eigenvalue weighted by Crippen LogP contribution is 2.10. The number of aryl methyl sites for hydroxylation is 1. The molecule has 5 nitrogen and oxygen atoms in total. The number of amides is 1. The molecule has 0 saturated heterocycles. The average molecular weight is 364 g/mol. The molecule has 2 rings (SSSR count). The van der Waals surface area contributed by atoms with Crippen molar-refractivity contribution in [2.24, 2.45) is 0 Å². The number of rotatable bonds is 7. The van der Waals surface area contributed by atoms with E-state index in [0.717, 1.165) is 17.4 Å². The van der Waals surface area contributed by atoms with Crippen molar-refractivity contribution >= 4 is 15.9 Å². The third-order valence-electron chi connectivity index (χ3n) is 3.71. The van der Waals surface area contributed by atoms with Gasteiger partial charge in [0.2, 0.25) is 10.0 Å². The first-order chi connectivity index (χ1) is 11.8. The molecule has 0 heterocycles. The molecule has 0 aliphatic carbocycles. The average Bonchev–Trinajstić information content (AvgIpc) is 2.55. The maximum Gasteiger partial charge on any atom is 0.254 e. The summed E-state index contributed by atoms with van der Waals surface area (Å²) in [5, 5.41) is 2.55. The first-order valence-corrected chi connectivity index (χ1v) is 9.65. The normalized spacial score (nSPS) is 11.5. The Labute approximate surface area is 147 Å². The Morgan fingerprint density at radius 2 is 1.76 bits per heavy atom. The van der Waals surface area contributed by atoms with Crippen LogP contribution in [0.15, 0.2) is 48.5 Å². The van der Waals surface area contributed by atoms with Crippen LogP contribution in [-0.2, 0) is 16.6 Å². The minimum absolute atomic E-state index is 0.0630. The van der Waals surface area contributed by atoms with Crippen LogP contribution in [0.2, 0.25) is 0 Å². The molecule has 0 bridgehead atoms. The van der Waals surface area contributed by atoms with Gasteiger partial charge in [-0.25, -0.2) is 12.8 Å². The van der Waals surface area contributed by atoms with E-state index in [1.165, 1.54) is 22.5 Å². The van der Waals surface area contributed by atoms with Gasteiger partial charge in [-0.3, -0.25) is 4.79 Å². The van der Waals surface area contributed by atoms with Gasteiger partial charge in [0.15, 0.2) is 0 Å². The first-order valence-electron chi connectivity index (χ1n) is 7.81. The summed E-state index contributed by atoms with van der Waals surface area (Å²) in [6.07, 6.45) is 1.12. The van der Waals surface area contributed by atoms with Crippen molar-refractivity contribution in [1.29, 1.82) is 0 Å². The molecule has 0 fully saturated rings. The lowest BCUT2D eigenvalue weighted by Crippen LogP contribution is -2.37. The van der Waals surface area contributed by atoms with E-state index in [1.807, 2.05) is 31.2 Å². The van der Waals surface area contributed by atoms with Crippen LogP contribution in [0.25, 0.3) is 0 Å². The number of hydrogen-bond donors (Lipinski definition) is 1. The van der Waals surface area contributed by atoms with Crippen molar-refractivity contribution < 1.29 is 17.6 Å². The Bertz CT molecular complexity index is 836. The first kappa shape index (κ1) is 19.1. The number of carbonyl (C=O) groups excluding carboxylic acids is 1. The van der Waals surface area contributed by atoms with Gasteiger partial charge in [0.05, 0.1) is 11.8 Å². The van der Waals surface area contributed by atoms with Crippen molar-refractivity contribution in [2.45, 2.75) is 13.5 Å². The van der Waals surface area contributed by atoms with Gasteiger partial charge in [-0.15, -0.1) is 0 Å². The summed E-state index contributed by atoms with van der Waals surface area (Å²) in [4.78, 5) is 12.0. The summed E-state index contributed by atoms with van der Waals surface area (Å²) in [5.41, 5.74) is 1.88. The zero-order valence-corrected chi connectivity index (χ0v) is 15.0. The standard InChI is InChI=1S/C18H21FN2O3S/c1-14-7-9-15(10-8-14)13-21(25(2,23)24)12-11-20-18(22)16-5-3-4-6-17(16)19/h3-10H,11-13H2,1-2H3,(H,20,22). The van der Waals surface area contributed by atoms with Gasteiger partial charge in [0.25, 0.3) is 5.91 Å². The second kappa shape index (κ2) is 8.22.